The third-order valence-corrected chi connectivity index (χ3v) is 6.01. The van der Waals surface area contributed by atoms with Crippen LogP contribution in [0.4, 0.5) is 0 Å². The molecule has 0 aromatic heterocycles. The van der Waals surface area contributed by atoms with Gasteiger partial charge in [0.1, 0.15) is 12.0 Å². The van der Waals surface area contributed by atoms with Gasteiger partial charge in [-0.1, -0.05) is 29.4 Å². The minimum absolute atomic E-state index is 0.0776. The number of carbonyl (C=O) groups excluding carboxylic acids is 2. The van der Waals surface area contributed by atoms with Gasteiger partial charge < -0.3 is 9.47 Å². The Labute approximate surface area is 168 Å². The van der Waals surface area contributed by atoms with Crippen LogP contribution in [0.5, 0.6) is 5.75 Å². The molecule has 0 saturated heterocycles. The summed E-state index contributed by atoms with van der Waals surface area (Å²) >= 11 is 7.93. The summed E-state index contributed by atoms with van der Waals surface area (Å²) in [6.07, 6.45) is 4.92. The fraction of sp³-hybridized carbons (Fsp3) is 0.333. The highest BCUT2D eigenvalue weighted by molar-refractivity contribution is 7.99. The number of ether oxygens (including phenoxy) is 2. The Balaban J connectivity index is 1.84. The Hall–Kier alpha value is -1.98. The highest BCUT2D eigenvalue weighted by Crippen LogP contribution is 2.41. The molecule has 4 nitrogen and oxygen atoms in total. The standard InChI is InChI=1S/C21H21ClO4S/c1-2-25-21(24)13-26-18-8-10-19(16-6-4-3-5-15(16)18)27-20-9-7-14(12-23)11-17(20)22/h7-12H,2-6,13H2,1H3. The summed E-state index contributed by atoms with van der Waals surface area (Å²) in [7, 11) is 0. The van der Waals surface area contributed by atoms with Gasteiger partial charge in [0, 0.05) is 15.4 Å². The minimum atomic E-state index is -0.359. The number of carbonyl (C=O) groups is 2. The Bertz CT molecular complexity index is 850. The van der Waals surface area contributed by atoms with Crippen molar-refractivity contribution in [3.63, 3.8) is 0 Å². The Morgan fingerprint density at radius 2 is 1.89 bits per heavy atom. The van der Waals surface area contributed by atoms with E-state index >= 15 is 0 Å². The third kappa shape index (κ3) is 4.85. The van der Waals surface area contributed by atoms with E-state index in [4.69, 9.17) is 21.1 Å². The summed E-state index contributed by atoms with van der Waals surface area (Å²) in [5.74, 6) is 0.395. The Morgan fingerprint density at radius 3 is 2.59 bits per heavy atom. The van der Waals surface area contributed by atoms with Crippen molar-refractivity contribution >= 4 is 35.6 Å². The van der Waals surface area contributed by atoms with Gasteiger partial charge in [-0.2, -0.15) is 0 Å². The molecular formula is C21H21ClO4S. The lowest BCUT2D eigenvalue weighted by atomic mass is 9.91. The van der Waals surface area contributed by atoms with Gasteiger partial charge in [-0.15, -0.1) is 0 Å². The van der Waals surface area contributed by atoms with E-state index in [1.807, 2.05) is 18.2 Å². The van der Waals surface area contributed by atoms with Gasteiger partial charge in [-0.25, -0.2) is 4.79 Å². The quantitative estimate of drug-likeness (QED) is 0.473. The molecule has 0 saturated carbocycles. The average molecular weight is 405 g/mol. The lowest BCUT2D eigenvalue weighted by molar-refractivity contribution is -0.145. The molecule has 3 rings (SSSR count). The summed E-state index contributed by atoms with van der Waals surface area (Å²) in [6.45, 7) is 2.05. The summed E-state index contributed by atoms with van der Waals surface area (Å²) in [4.78, 5) is 24.5. The SMILES string of the molecule is CCOC(=O)COc1ccc(Sc2ccc(C=O)cc2Cl)c2c1CCCC2. The maximum Gasteiger partial charge on any atom is 0.344 e. The molecule has 0 unspecified atom stereocenters. The van der Waals surface area contributed by atoms with Crippen LogP contribution in [0.2, 0.25) is 5.02 Å². The van der Waals surface area contributed by atoms with Crippen LogP contribution in [0.3, 0.4) is 0 Å². The average Bonchev–Trinajstić information content (AvgIpc) is 2.69. The summed E-state index contributed by atoms with van der Waals surface area (Å²) in [5.41, 5.74) is 2.98. The monoisotopic (exact) mass is 404 g/mol. The molecule has 0 radical (unpaired) electrons. The number of hydrogen-bond acceptors (Lipinski definition) is 5. The minimum Gasteiger partial charge on any atom is -0.482 e. The molecule has 2 aromatic carbocycles. The lowest BCUT2D eigenvalue weighted by Gasteiger charge is -2.22. The zero-order chi connectivity index (χ0) is 19.2. The van der Waals surface area contributed by atoms with Crippen molar-refractivity contribution in [1.29, 1.82) is 0 Å². The maximum atomic E-state index is 11.6. The van der Waals surface area contributed by atoms with Crippen LogP contribution in [0, 0.1) is 0 Å². The van der Waals surface area contributed by atoms with E-state index in [0.717, 1.165) is 53.1 Å². The first-order valence-corrected chi connectivity index (χ1v) is 10.2. The predicted octanol–water partition coefficient (Wildman–Crippen LogP) is 5.12. The van der Waals surface area contributed by atoms with Crippen LogP contribution in [0.25, 0.3) is 0 Å². The van der Waals surface area contributed by atoms with Crippen molar-refractivity contribution in [1.82, 2.24) is 0 Å². The molecule has 27 heavy (non-hydrogen) atoms. The fourth-order valence-corrected chi connectivity index (χ4v) is 4.48. The van der Waals surface area contributed by atoms with E-state index in [0.29, 0.717) is 17.2 Å². The number of benzene rings is 2. The van der Waals surface area contributed by atoms with E-state index in [2.05, 4.69) is 0 Å². The van der Waals surface area contributed by atoms with E-state index in [-0.39, 0.29) is 12.6 Å². The number of rotatable bonds is 7. The maximum absolute atomic E-state index is 11.6. The van der Waals surface area contributed by atoms with Crippen LogP contribution in [0.15, 0.2) is 40.1 Å². The van der Waals surface area contributed by atoms with Crippen LogP contribution in [-0.2, 0) is 22.4 Å². The molecule has 0 aliphatic heterocycles. The summed E-state index contributed by atoms with van der Waals surface area (Å²) in [5, 5.41) is 0.566. The molecule has 2 aromatic rings. The van der Waals surface area contributed by atoms with Crippen LogP contribution >= 0.6 is 23.4 Å². The van der Waals surface area contributed by atoms with E-state index in [9.17, 15) is 9.59 Å². The van der Waals surface area contributed by atoms with Gasteiger partial charge in [0.25, 0.3) is 0 Å². The molecule has 0 atom stereocenters. The Kier molecular flexibility index (Phi) is 6.80. The van der Waals surface area contributed by atoms with Gasteiger partial charge in [0.2, 0.25) is 0 Å². The van der Waals surface area contributed by atoms with E-state index in [1.165, 1.54) is 5.56 Å². The first kappa shape index (κ1) is 19.8. The fourth-order valence-electron chi connectivity index (χ4n) is 3.16. The number of fused-ring (bicyclic) bond motifs is 1. The number of esters is 1. The third-order valence-electron chi connectivity index (χ3n) is 4.41. The molecule has 0 fully saturated rings. The second-order valence-electron chi connectivity index (χ2n) is 6.23. The second kappa shape index (κ2) is 9.29. The van der Waals surface area contributed by atoms with Crippen molar-refractivity contribution in [2.75, 3.05) is 13.2 Å². The zero-order valence-corrected chi connectivity index (χ0v) is 16.7. The van der Waals surface area contributed by atoms with Gasteiger partial charge in [0.05, 0.1) is 11.6 Å². The smallest absolute Gasteiger partial charge is 0.344 e. The molecule has 0 bridgehead atoms. The van der Waals surface area contributed by atoms with Crippen molar-refractivity contribution in [2.45, 2.75) is 42.4 Å². The molecule has 6 heteroatoms. The first-order chi connectivity index (χ1) is 13.1. The molecule has 0 amide bonds. The van der Waals surface area contributed by atoms with Crippen molar-refractivity contribution in [3.8, 4) is 5.75 Å². The summed E-state index contributed by atoms with van der Waals surface area (Å²) < 4.78 is 10.7. The van der Waals surface area contributed by atoms with Crippen LogP contribution in [0.1, 0.15) is 41.3 Å². The second-order valence-corrected chi connectivity index (χ2v) is 7.72. The van der Waals surface area contributed by atoms with Gasteiger partial charge in [0.15, 0.2) is 6.61 Å². The normalized spacial score (nSPS) is 13.0. The van der Waals surface area contributed by atoms with E-state index in [1.54, 1.807) is 30.8 Å². The molecule has 1 aliphatic carbocycles. The highest BCUT2D eigenvalue weighted by atomic mass is 35.5. The summed E-state index contributed by atoms with van der Waals surface area (Å²) in [6, 6.07) is 9.25. The van der Waals surface area contributed by atoms with Gasteiger partial charge in [-0.05, 0) is 68.0 Å². The van der Waals surface area contributed by atoms with Gasteiger partial charge >= 0.3 is 5.97 Å². The van der Waals surface area contributed by atoms with Crippen LogP contribution in [-0.4, -0.2) is 25.5 Å². The molecule has 0 N–H and O–H groups in total. The Morgan fingerprint density at radius 1 is 1.15 bits per heavy atom. The molecule has 142 valence electrons. The first-order valence-electron chi connectivity index (χ1n) is 8.98. The predicted molar refractivity (Wildman–Crippen MR) is 106 cm³/mol. The van der Waals surface area contributed by atoms with Crippen molar-refractivity contribution in [2.24, 2.45) is 0 Å². The number of aldehydes is 1. The van der Waals surface area contributed by atoms with Crippen molar-refractivity contribution in [3.05, 3.63) is 52.0 Å². The van der Waals surface area contributed by atoms with Gasteiger partial charge in [-0.3, -0.25) is 4.79 Å². The molecular weight excluding hydrogens is 384 g/mol. The molecule has 0 spiro atoms. The molecule has 0 heterocycles. The topological polar surface area (TPSA) is 52.6 Å². The largest absolute Gasteiger partial charge is 0.482 e. The van der Waals surface area contributed by atoms with Crippen LogP contribution < -0.4 is 4.74 Å². The van der Waals surface area contributed by atoms with Crippen molar-refractivity contribution < 1.29 is 19.1 Å². The zero-order valence-electron chi connectivity index (χ0n) is 15.1. The van der Waals surface area contributed by atoms with E-state index < -0.39 is 0 Å². The number of halogens is 1. The number of hydrogen-bond donors (Lipinski definition) is 0. The lowest BCUT2D eigenvalue weighted by Crippen LogP contribution is -2.16. The molecule has 1 aliphatic rings. The highest BCUT2D eigenvalue weighted by Gasteiger charge is 2.20.